The average molecular weight is 273 g/mol. The highest BCUT2D eigenvalue weighted by Crippen LogP contribution is 2.15. The van der Waals surface area contributed by atoms with E-state index >= 15 is 0 Å². The van der Waals surface area contributed by atoms with Gasteiger partial charge in [-0.1, -0.05) is 18.2 Å². The van der Waals surface area contributed by atoms with Crippen LogP contribution in [0.25, 0.3) is 0 Å². The fourth-order valence-corrected chi connectivity index (χ4v) is 2.16. The second-order valence-corrected chi connectivity index (χ2v) is 4.84. The molecule has 1 atom stereocenters. The van der Waals surface area contributed by atoms with Crippen molar-refractivity contribution in [2.75, 3.05) is 0 Å². The molecule has 20 heavy (non-hydrogen) atoms. The summed E-state index contributed by atoms with van der Waals surface area (Å²) in [5.74, 6) is -1.84. The molecule has 0 saturated carbocycles. The smallest absolute Gasteiger partial charge is 0.307 e. The molecule has 2 aromatic rings. The molecule has 0 aliphatic rings. The number of aliphatic carboxylic acids is 1. The summed E-state index contributed by atoms with van der Waals surface area (Å²) in [4.78, 5) is 15.7. The van der Waals surface area contributed by atoms with Crippen molar-refractivity contribution in [3.05, 3.63) is 65.2 Å². The van der Waals surface area contributed by atoms with Gasteiger partial charge in [0.05, 0.1) is 5.92 Å². The Labute approximate surface area is 117 Å². The fraction of sp³-hybridized carbons (Fsp3) is 0.250. The number of halogens is 1. The van der Waals surface area contributed by atoms with Crippen molar-refractivity contribution in [3.8, 4) is 0 Å². The number of rotatable bonds is 5. The van der Waals surface area contributed by atoms with Crippen LogP contribution in [0.15, 0.2) is 42.5 Å². The summed E-state index contributed by atoms with van der Waals surface area (Å²) in [6, 6.07) is 11.6. The van der Waals surface area contributed by atoms with Gasteiger partial charge in [-0.05, 0) is 43.2 Å². The van der Waals surface area contributed by atoms with Gasteiger partial charge in [0.2, 0.25) is 0 Å². The predicted octanol–water partition coefficient (Wildman–Crippen LogP) is 3.02. The number of aryl methyl sites for hydroxylation is 1. The molecular formula is C16H16FNO2. The van der Waals surface area contributed by atoms with Crippen molar-refractivity contribution >= 4 is 5.97 Å². The van der Waals surface area contributed by atoms with Gasteiger partial charge in [0.1, 0.15) is 5.82 Å². The number of carbonyl (C=O) groups is 1. The first-order valence-corrected chi connectivity index (χ1v) is 6.44. The molecule has 1 aromatic carbocycles. The minimum absolute atomic E-state index is 0.294. The van der Waals surface area contributed by atoms with Crippen LogP contribution < -0.4 is 0 Å². The molecular weight excluding hydrogens is 257 g/mol. The number of carboxylic acid groups (broad SMARTS) is 1. The lowest BCUT2D eigenvalue weighted by molar-refractivity contribution is -0.141. The first kappa shape index (κ1) is 14.2. The van der Waals surface area contributed by atoms with Crippen molar-refractivity contribution in [1.29, 1.82) is 0 Å². The maximum absolute atomic E-state index is 13.1. The molecule has 1 N–H and O–H groups in total. The Balaban J connectivity index is 2.13. The molecule has 3 nitrogen and oxygen atoms in total. The molecule has 0 bridgehead atoms. The maximum atomic E-state index is 13.1. The van der Waals surface area contributed by atoms with E-state index in [1.54, 1.807) is 12.1 Å². The Kier molecular flexibility index (Phi) is 4.45. The van der Waals surface area contributed by atoms with Crippen LogP contribution in [0.2, 0.25) is 0 Å². The van der Waals surface area contributed by atoms with Crippen LogP contribution in [0.1, 0.15) is 17.0 Å². The number of pyridine rings is 1. The highest BCUT2D eigenvalue weighted by Gasteiger charge is 2.19. The van der Waals surface area contributed by atoms with Crippen LogP contribution in [0, 0.1) is 18.7 Å². The Bertz CT molecular complexity index is 565. The van der Waals surface area contributed by atoms with Crippen LogP contribution in [0.4, 0.5) is 4.39 Å². The van der Waals surface area contributed by atoms with Gasteiger partial charge in [-0.3, -0.25) is 9.78 Å². The molecule has 0 fully saturated rings. The highest BCUT2D eigenvalue weighted by molar-refractivity contribution is 5.70. The van der Waals surface area contributed by atoms with E-state index in [0.717, 1.165) is 11.4 Å². The minimum atomic E-state index is -0.891. The summed E-state index contributed by atoms with van der Waals surface area (Å²) in [5, 5.41) is 9.31. The van der Waals surface area contributed by atoms with E-state index in [1.807, 2.05) is 25.1 Å². The SMILES string of the molecule is Cc1cccc(CC(Cc2cccc(F)c2)C(=O)O)n1. The van der Waals surface area contributed by atoms with E-state index in [2.05, 4.69) is 4.98 Å². The second kappa shape index (κ2) is 6.28. The van der Waals surface area contributed by atoms with Crippen LogP contribution in [0.3, 0.4) is 0 Å². The summed E-state index contributed by atoms with van der Waals surface area (Å²) in [7, 11) is 0. The van der Waals surface area contributed by atoms with Gasteiger partial charge < -0.3 is 5.11 Å². The topological polar surface area (TPSA) is 50.2 Å². The number of benzene rings is 1. The molecule has 104 valence electrons. The minimum Gasteiger partial charge on any atom is -0.481 e. The number of nitrogens with zero attached hydrogens (tertiary/aromatic N) is 1. The lowest BCUT2D eigenvalue weighted by Gasteiger charge is -2.12. The number of carboxylic acids is 1. The van der Waals surface area contributed by atoms with Crippen molar-refractivity contribution in [2.45, 2.75) is 19.8 Å². The Hall–Kier alpha value is -2.23. The van der Waals surface area contributed by atoms with Crippen LogP contribution in [0.5, 0.6) is 0 Å². The zero-order valence-corrected chi connectivity index (χ0v) is 11.2. The van der Waals surface area contributed by atoms with Crippen LogP contribution >= 0.6 is 0 Å². The Morgan fingerprint density at radius 1 is 1.25 bits per heavy atom. The third-order valence-corrected chi connectivity index (χ3v) is 3.12. The van der Waals surface area contributed by atoms with Crippen molar-refractivity contribution in [2.24, 2.45) is 5.92 Å². The van der Waals surface area contributed by atoms with E-state index in [4.69, 9.17) is 0 Å². The maximum Gasteiger partial charge on any atom is 0.307 e. The normalized spacial score (nSPS) is 12.1. The van der Waals surface area contributed by atoms with Crippen LogP contribution in [-0.2, 0) is 17.6 Å². The van der Waals surface area contributed by atoms with Gasteiger partial charge in [-0.15, -0.1) is 0 Å². The summed E-state index contributed by atoms with van der Waals surface area (Å²) in [5.41, 5.74) is 2.29. The summed E-state index contributed by atoms with van der Waals surface area (Å²) in [6.07, 6.45) is 0.635. The molecule has 0 spiro atoms. The second-order valence-electron chi connectivity index (χ2n) is 4.84. The van der Waals surface area contributed by atoms with Gasteiger partial charge >= 0.3 is 5.97 Å². The standard InChI is InChI=1S/C16H16FNO2/c1-11-4-2-7-15(18-11)10-13(16(19)20)8-12-5-3-6-14(17)9-12/h2-7,9,13H,8,10H2,1H3,(H,19,20). The highest BCUT2D eigenvalue weighted by atomic mass is 19.1. The third kappa shape index (κ3) is 3.88. The molecule has 1 heterocycles. The summed E-state index contributed by atoms with van der Waals surface area (Å²) >= 11 is 0. The van der Waals surface area contributed by atoms with Crippen molar-refractivity contribution < 1.29 is 14.3 Å². The lowest BCUT2D eigenvalue weighted by atomic mass is 9.94. The monoisotopic (exact) mass is 273 g/mol. The first-order chi connectivity index (χ1) is 9.54. The zero-order chi connectivity index (χ0) is 14.5. The molecule has 1 aromatic heterocycles. The molecule has 0 aliphatic carbocycles. The van der Waals surface area contributed by atoms with Crippen molar-refractivity contribution in [1.82, 2.24) is 4.98 Å². The largest absolute Gasteiger partial charge is 0.481 e. The number of aromatic nitrogens is 1. The predicted molar refractivity (Wildman–Crippen MR) is 73.9 cm³/mol. The number of hydrogen-bond donors (Lipinski definition) is 1. The van der Waals surface area contributed by atoms with Crippen molar-refractivity contribution in [3.63, 3.8) is 0 Å². The van der Waals surface area contributed by atoms with Gasteiger partial charge in [-0.2, -0.15) is 0 Å². The molecule has 4 heteroatoms. The lowest BCUT2D eigenvalue weighted by Crippen LogP contribution is -2.20. The van der Waals surface area contributed by atoms with E-state index in [0.29, 0.717) is 18.4 Å². The quantitative estimate of drug-likeness (QED) is 0.911. The van der Waals surface area contributed by atoms with Gasteiger partial charge in [0, 0.05) is 17.8 Å². The number of hydrogen-bond acceptors (Lipinski definition) is 2. The molecule has 0 radical (unpaired) electrons. The first-order valence-electron chi connectivity index (χ1n) is 6.44. The molecule has 0 saturated heterocycles. The van der Waals surface area contributed by atoms with Gasteiger partial charge in [0.25, 0.3) is 0 Å². The Morgan fingerprint density at radius 3 is 2.65 bits per heavy atom. The summed E-state index contributed by atoms with van der Waals surface area (Å²) in [6.45, 7) is 1.87. The van der Waals surface area contributed by atoms with E-state index < -0.39 is 11.9 Å². The van der Waals surface area contributed by atoms with E-state index in [9.17, 15) is 14.3 Å². The van der Waals surface area contributed by atoms with E-state index in [-0.39, 0.29) is 5.82 Å². The molecule has 0 amide bonds. The van der Waals surface area contributed by atoms with E-state index in [1.165, 1.54) is 12.1 Å². The molecule has 2 rings (SSSR count). The van der Waals surface area contributed by atoms with Gasteiger partial charge in [-0.25, -0.2) is 4.39 Å². The average Bonchev–Trinajstić information content (AvgIpc) is 2.38. The third-order valence-electron chi connectivity index (χ3n) is 3.12. The molecule has 1 unspecified atom stereocenters. The Morgan fingerprint density at radius 2 is 2.00 bits per heavy atom. The summed E-state index contributed by atoms with van der Waals surface area (Å²) < 4.78 is 13.1. The zero-order valence-electron chi connectivity index (χ0n) is 11.2. The fourth-order valence-electron chi connectivity index (χ4n) is 2.16. The van der Waals surface area contributed by atoms with Crippen LogP contribution in [-0.4, -0.2) is 16.1 Å². The van der Waals surface area contributed by atoms with Gasteiger partial charge in [0.15, 0.2) is 0 Å². The molecule has 0 aliphatic heterocycles.